The van der Waals surface area contributed by atoms with Crippen molar-refractivity contribution in [2.75, 3.05) is 0 Å². The molecule has 14 rings (SSSR count). The zero-order valence-electron chi connectivity index (χ0n) is 30.2. The second kappa shape index (κ2) is 10.5. The Morgan fingerprint density at radius 2 is 1.02 bits per heavy atom. The Morgan fingerprint density at radius 1 is 0.421 bits per heavy atom. The van der Waals surface area contributed by atoms with Crippen LogP contribution in [0.15, 0.2) is 164 Å². The van der Waals surface area contributed by atoms with Gasteiger partial charge in [-0.1, -0.05) is 72.8 Å². The molecule has 0 aliphatic carbocycles. The van der Waals surface area contributed by atoms with Gasteiger partial charge in [0.15, 0.2) is 5.82 Å². The van der Waals surface area contributed by atoms with Crippen LogP contribution in [-0.4, -0.2) is 44.9 Å². The monoisotopic (exact) mass is 726 g/mol. The van der Waals surface area contributed by atoms with Gasteiger partial charge in [-0.05, 0) is 83.1 Å². The fraction of sp³-hybridized carbons (Fsp3) is 0. The summed E-state index contributed by atoms with van der Waals surface area (Å²) in [6.07, 6.45) is 7.58. The first-order valence-corrected chi connectivity index (χ1v) is 19.3. The van der Waals surface area contributed by atoms with Crippen LogP contribution in [0.1, 0.15) is 0 Å². The van der Waals surface area contributed by atoms with Crippen LogP contribution in [0.4, 0.5) is 0 Å². The maximum Gasteiger partial charge on any atom is 0.252 e. The van der Waals surface area contributed by atoms with Gasteiger partial charge < -0.3 is 0 Å². The Balaban J connectivity index is 1.24. The van der Waals surface area contributed by atoms with Gasteiger partial charge in [-0.15, -0.1) is 0 Å². The second-order valence-electron chi connectivity index (χ2n) is 15.1. The Bertz CT molecular complexity index is 3470. The van der Waals surface area contributed by atoms with Gasteiger partial charge in [0.2, 0.25) is 0 Å². The van der Waals surface area contributed by atoms with Crippen LogP contribution >= 0.6 is 0 Å². The zero-order valence-corrected chi connectivity index (χ0v) is 30.2. The average molecular weight is 727 g/mol. The van der Waals surface area contributed by atoms with E-state index in [0.717, 1.165) is 78.0 Å². The van der Waals surface area contributed by atoms with Crippen LogP contribution in [0.25, 0.3) is 100 Å². The summed E-state index contributed by atoms with van der Waals surface area (Å²) in [5.41, 5.74) is 17.8. The van der Waals surface area contributed by atoms with Gasteiger partial charge in [0, 0.05) is 63.9 Å². The second-order valence-corrected chi connectivity index (χ2v) is 15.1. The van der Waals surface area contributed by atoms with Crippen LogP contribution in [0, 0.1) is 0 Å². The topological polar surface area (TPSA) is 71.3 Å². The highest BCUT2D eigenvalue weighted by atomic mass is 15.2. The third-order valence-corrected chi connectivity index (χ3v) is 12.3. The highest BCUT2D eigenvalue weighted by Gasteiger charge is 2.43. The summed E-state index contributed by atoms with van der Waals surface area (Å²) in [4.78, 5) is 20.0. The van der Waals surface area contributed by atoms with Gasteiger partial charge in [-0.25, -0.2) is 9.97 Å². The molecular weight excluding hydrogens is 699 g/mol. The Hall–Kier alpha value is -7.78. The molecule has 0 fully saturated rings. The molecule has 0 radical (unpaired) electrons. The first-order valence-electron chi connectivity index (χ1n) is 19.3. The first kappa shape index (κ1) is 29.6. The van der Waals surface area contributed by atoms with Crippen molar-refractivity contribution in [3.63, 3.8) is 0 Å². The summed E-state index contributed by atoms with van der Waals surface area (Å²) in [6.45, 7) is -0.0474. The number of fused-ring (bicyclic) bond motifs is 14. The van der Waals surface area contributed by atoms with E-state index in [1.54, 1.807) is 0 Å². The van der Waals surface area contributed by atoms with Gasteiger partial charge in [0.1, 0.15) is 11.3 Å². The highest BCUT2D eigenvalue weighted by molar-refractivity contribution is 7.00. The fourth-order valence-corrected chi connectivity index (χ4v) is 10.3. The van der Waals surface area contributed by atoms with Gasteiger partial charge in [0.05, 0.1) is 43.9 Å². The predicted molar refractivity (Wildman–Crippen MR) is 230 cm³/mol. The number of hydrogen-bond acceptors (Lipinski definition) is 4. The molecule has 262 valence electrons. The Kier molecular flexibility index (Phi) is 5.44. The van der Waals surface area contributed by atoms with Crippen molar-refractivity contribution < 1.29 is 0 Å². The lowest BCUT2D eigenvalue weighted by Gasteiger charge is -2.34. The molecule has 0 amide bonds. The summed E-state index contributed by atoms with van der Waals surface area (Å²) in [5.74, 6) is 0.678. The maximum absolute atomic E-state index is 5.22. The van der Waals surface area contributed by atoms with Gasteiger partial charge in [-0.3, -0.25) is 28.2 Å². The number of hydrogen-bond donors (Lipinski definition) is 0. The third-order valence-electron chi connectivity index (χ3n) is 12.3. The normalized spacial score (nSPS) is 12.9. The summed E-state index contributed by atoms with van der Waals surface area (Å²) in [6, 6.07) is 49.9. The average Bonchev–Trinajstić information content (AvgIpc) is 4.00. The van der Waals surface area contributed by atoms with E-state index in [0.29, 0.717) is 5.82 Å². The number of para-hydroxylation sites is 4. The van der Waals surface area contributed by atoms with E-state index in [1.807, 2.05) is 36.9 Å². The van der Waals surface area contributed by atoms with E-state index in [-0.39, 0.29) is 6.71 Å². The van der Waals surface area contributed by atoms with E-state index >= 15 is 0 Å². The smallest absolute Gasteiger partial charge is 0.252 e. The van der Waals surface area contributed by atoms with E-state index in [2.05, 4.69) is 146 Å². The number of rotatable bonds is 3. The number of nitrogens with zero attached hydrogens (tertiary/aromatic N) is 8. The molecule has 9 heterocycles. The van der Waals surface area contributed by atoms with Crippen LogP contribution in [0.2, 0.25) is 0 Å². The van der Waals surface area contributed by atoms with Gasteiger partial charge >= 0.3 is 0 Å². The van der Waals surface area contributed by atoms with E-state index in [1.165, 1.54) is 32.7 Å². The van der Waals surface area contributed by atoms with Crippen molar-refractivity contribution in [2.45, 2.75) is 0 Å². The number of benzene rings is 5. The molecular formula is C48H27BN8. The van der Waals surface area contributed by atoms with Crippen molar-refractivity contribution in [3.05, 3.63) is 164 Å². The molecule has 2 aliphatic heterocycles. The minimum atomic E-state index is -0.0474. The van der Waals surface area contributed by atoms with Gasteiger partial charge in [-0.2, -0.15) is 0 Å². The van der Waals surface area contributed by atoms with Gasteiger partial charge in [0.25, 0.3) is 6.71 Å². The SMILES string of the molecule is c1ccc(-n2c3cccnc3c3c4cccc5c4n(c32)-c2cc(-c3ncccn3)cc3c2B5c2ccnc4c5c6ccccc6n(-c6ccccc6)c5n-3c24)cc1. The predicted octanol–water partition coefficient (Wildman–Crippen LogP) is 8.16. The lowest BCUT2D eigenvalue weighted by molar-refractivity contribution is 1.05. The summed E-state index contributed by atoms with van der Waals surface area (Å²) < 4.78 is 9.80. The standard InChI is InChI=1S/C48H27BN8/c1-3-12-29(13-4-1)54-35-19-8-7-16-31(35)39-43-45-34(21-25-51-43)49-33-18-9-17-32-40-42-36(20-10-22-50-42)55(30-14-5-2-6-15-30)48(40)56(44(32)33)37-26-28(46-52-23-11-24-53-46)27-38(41(37)49)57(45)47(39)54/h1-27H. The minimum Gasteiger partial charge on any atom is -0.296 e. The number of pyridine rings is 2. The summed E-state index contributed by atoms with van der Waals surface area (Å²) in [7, 11) is 0. The van der Waals surface area contributed by atoms with Crippen molar-refractivity contribution in [1.82, 2.24) is 38.2 Å². The van der Waals surface area contributed by atoms with Crippen LogP contribution in [0.3, 0.4) is 0 Å². The zero-order chi connectivity index (χ0) is 36.9. The largest absolute Gasteiger partial charge is 0.296 e. The quantitative estimate of drug-likeness (QED) is 0.172. The van der Waals surface area contributed by atoms with Crippen molar-refractivity contribution in [3.8, 4) is 34.1 Å². The Morgan fingerprint density at radius 3 is 1.79 bits per heavy atom. The lowest BCUT2D eigenvalue weighted by atomic mass is 9.34. The molecule has 0 spiro atoms. The summed E-state index contributed by atoms with van der Waals surface area (Å²) >= 11 is 0. The molecule has 0 bridgehead atoms. The fourth-order valence-electron chi connectivity index (χ4n) is 10.3. The number of aromatic nitrogens is 8. The minimum absolute atomic E-state index is 0.0474. The molecule has 8 nitrogen and oxygen atoms in total. The Labute approximate surface area is 324 Å². The molecule has 0 N–H and O–H groups in total. The van der Waals surface area contributed by atoms with Crippen molar-refractivity contribution in [2.24, 2.45) is 0 Å². The van der Waals surface area contributed by atoms with Crippen LogP contribution in [-0.2, 0) is 0 Å². The first-order chi connectivity index (χ1) is 28.3. The molecule has 0 saturated carbocycles. The molecule has 9 heteroatoms. The third kappa shape index (κ3) is 3.56. The molecule has 0 atom stereocenters. The highest BCUT2D eigenvalue weighted by Crippen LogP contribution is 2.45. The molecule has 7 aromatic heterocycles. The molecule has 0 unspecified atom stereocenters. The van der Waals surface area contributed by atoms with Crippen LogP contribution in [0.5, 0.6) is 0 Å². The van der Waals surface area contributed by atoms with E-state index < -0.39 is 0 Å². The maximum atomic E-state index is 5.22. The van der Waals surface area contributed by atoms with E-state index in [9.17, 15) is 0 Å². The molecule has 5 aromatic carbocycles. The molecule has 2 aliphatic rings. The molecule has 0 saturated heterocycles. The van der Waals surface area contributed by atoms with Crippen LogP contribution < -0.4 is 16.4 Å². The van der Waals surface area contributed by atoms with Crippen molar-refractivity contribution >= 4 is 89.0 Å². The van der Waals surface area contributed by atoms with Crippen molar-refractivity contribution in [1.29, 1.82) is 0 Å². The van der Waals surface area contributed by atoms with E-state index in [4.69, 9.17) is 19.9 Å². The lowest BCUT2D eigenvalue weighted by Crippen LogP contribution is -2.59. The molecule has 12 aromatic rings. The summed E-state index contributed by atoms with van der Waals surface area (Å²) in [5, 5.41) is 4.66. The molecule has 57 heavy (non-hydrogen) atoms.